The number of aryl methyl sites for hydroxylation is 1. The maximum absolute atomic E-state index is 11.9. The highest BCUT2D eigenvalue weighted by Gasteiger charge is 2.23. The molecule has 2 amide bonds. The minimum atomic E-state index is -0.858. The number of fused-ring (bicyclic) bond motifs is 1. The van der Waals surface area contributed by atoms with Gasteiger partial charge in [0.25, 0.3) is 5.96 Å². The molecule has 0 atom stereocenters. The average molecular weight is 485 g/mol. The Morgan fingerprint density at radius 2 is 1.86 bits per heavy atom. The molecule has 0 bridgehead atoms. The number of nitrogens with one attached hydrogen (secondary N) is 1. The fraction of sp³-hybridized carbons (Fsp3) is 0.458. The first-order chi connectivity index (χ1) is 16.8. The SMILES string of the molecule is C#C.Cc1cc2cc(N/C(N)=N\[N+](=O)[O-])ccc2o1.O=C(CN1CCCCCC1=O)N1CCCC1. The third kappa shape index (κ3) is 8.66. The lowest BCUT2D eigenvalue weighted by atomic mass is 10.2. The number of nitrogens with two attached hydrogens (primary N) is 1. The Morgan fingerprint density at radius 3 is 2.54 bits per heavy atom. The van der Waals surface area contributed by atoms with E-state index in [2.05, 4.69) is 23.3 Å². The summed E-state index contributed by atoms with van der Waals surface area (Å²) in [6, 6.07) is 7.09. The molecule has 3 N–H and O–H groups in total. The van der Waals surface area contributed by atoms with Gasteiger partial charge < -0.3 is 25.3 Å². The Kier molecular flexibility index (Phi) is 10.6. The van der Waals surface area contributed by atoms with Gasteiger partial charge in [-0.05, 0) is 56.9 Å². The number of hydrazone groups is 1. The quantitative estimate of drug-likeness (QED) is 0.223. The molecule has 11 heteroatoms. The molecule has 188 valence electrons. The van der Waals surface area contributed by atoms with Gasteiger partial charge in [0, 0.05) is 37.1 Å². The molecule has 35 heavy (non-hydrogen) atoms. The van der Waals surface area contributed by atoms with E-state index >= 15 is 0 Å². The molecule has 0 unspecified atom stereocenters. The van der Waals surface area contributed by atoms with Crippen LogP contribution in [0.2, 0.25) is 0 Å². The number of furan rings is 1. The lowest BCUT2D eigenvalue weighted by molar-refractivity contribution is -0.485. The number of benzene rings is 1. The minimum Gasteiger partial charge on any atom is -0.461 e. The Labute approximate surface area is 204 Å². The van der Waals surface area contributed by atoms with Gasteiger partial charge in [0.1, 0.15) is 16.4 Å². The second-order valence-corrected chi connectivity index (χ2v) is 8.17. The first kappa shape index (κ1) is 27.2. The van der Waals surface area contributed by atoms with Crippen LogP contribution in [0.5, 0.6) is 0 Å². The van der Waals surface area contributed by atoms with Gasteiger partial charge in [0.2, 0.25) is 11.8 Å². The summed E-state index contributed by atoms with van der Waals surface area (Å²) in [4.78, 5) is 37.4. The highest BCUT2D eigenvalue weighted by Crippen LogP contribution is 2.22. The molecular weight excluding hydrogens is 452 g/mol. The fourth-order valence-corrected chi connectivity index (χ4v) is 3.95. The standard InChI is InChI=1S/C12H20N2O2.C10H10N4O3.C2H2/c15-11-6-2-1-3-9-14(11)10-12(16)13-7-4-5-8-13;1-6-4-7-5-8(2-3-9(7)17-6)12-10(11)13-14(15)16;1-2/h1-10H2;2-5H,1H3,(H3,11,12,13);1-2H. The van der Waals surface area contributed by atoms with Crippen molar-refractivity contribution in [1.29, 1.82) is 0 Å². The molecule has 2 saturated heterocycles. The van der Waals surface area contributed by atoms with Crippen molar-refractivity contribution in [2.75, 3.05) is 31.5 Å². The van der Waals surface area contributed by atoms with Crippen LogP contribution in [0.15, 0.2) is 33.8 Å². The summed E-state index contributed by atoms with van der Waals surface area (Å²) in [6.45, 7) is 4.66. The second kappa shape index (κ2) is 13.6. The molecule has 2 aliphatic heterocycles. The smallest absolute Gasteiger partial charge is 0.270 e. The lowest BCUT2D eigenvalue weighted by Crippen LogP contribution is -2.41. The number of nitro groups is 1. The van der Waals surface area contributed by atoms with Crippen molar-refractivity contribution in [3.63, 3.8) is 0 Å². The average Bonchev–Trinajstić information content (AvgIpc) is 3.43. The van der Waals surface area contributed by atoms with Crippen molar-refractivity contribution in [1.82, 2.24) is 9.80 Å². The van der Waals surface area contributed by atoms with Gasteiger partial charge in [-0.2, -0.15) is 0 Å². The van der Waals surface area contributed by atoms with Gasteiger partial charge >= 0.3 is 0 Å². The molecule has 2 aliphatic rings. The van der Waals surface area contributed by atoms with Crippen molar-refractivity contribution < 1.29 is 19.0 Å². The highest BCUT2D eigenvalue weighted by molar-refractivity contribution is 5.94. The number of hydrogen-bond donors (Lipinski definition) is 2. The van der Waals surface area contributed by atoms with Crippen LogP contribution in [0.3, 0.4) is 0 Å². The van der Waals surface area contributed by atoms with Gasteiger partial charge in [-0.25, -0.2) is 10.1 Å². The Hall–Kier alpha value is -4.07. The second-order valence-electron chi connectivity index (χ2n) is 8.17. The van der Waals surface area contributed by atoms with E-state index < -0.39 is 5.03 Å². The van der Waals surface area contributed by atoms with Crippen LogP contribution in [-0.4, -0.2) is 58.8 Å². The van der Waals surface area contributed by atoms with Gasteiger partial charge in [0.15, 0.2) is 5.03 Å². The van der Waals surface area contributed by atoms with Gasteiger partial charge in [0.05, 0.1) is 6.54 Å². The maximum Gasteiger partial charge on any atom is 0.270 e. The van der Waals surface area contributed by atoms with Crippen LogP contribution in [0.25, 0.3) is 11.0 Å². The van der Waals surface area contributed by atoms with E-state index in [0.717, 1.165) is 68.5 Å². The summed E-state index contributed by atoms with van der Waals surface area (Å²) in [5, 5.41) is 15.7. The predicted octanol–water partition coefficient (Wildman–Crippen LogP) is 2.92. The molecule has 0 saturated carbocycles. The summed E-state index contributed by atoms with van der Waals surface area (Å²) >= 11 is 0. The van der Waals surface area contributed by atoms with Crippen LogP contribution < -0.4 is 11.1 Å². The van der Waals surface area contributed by atoms with E-state index in [1.807, 2.05) is 17.9 Å². The summed E-state index contributed by atoms with van der Waals surface area (Å²) in [7, 11) is 0. The normalized spacial score (nSPS) is 16.0. The topological polar surface area (TPSA) is 147 Å². The zero-order valence-electron chi connectivity index (χ0n) is 19.9. The van der Waals surface area contributed by atoms with E-state index in [1.165, 1.54) is 0 Å². The largest absolute Gasteiger partial charge is 0.461 e. The minimum absolute atomic E-state index is 0.132. The first-order valence-corrected chi connectivity index (χ1v) is 11.5. The first-order valence-electron chi connectivity index (χ1n) is 11.5. The van der Waals surface area contributed by atoms with Crippen LogP contribution in [0, 0.1) is 29.9 Å². The van der Waals surface area contributed by atoms with Gasteiger partial charge in [-0.15, -0.1) is 12.8 Å². The molecule has 2 fully saturated rings. The third-order valence-corrected chi connectivity index (χ3v) is 5.56. The zero-order valence-corrected chi connectivity index (χ0v) is 19.9. The molecule has 11 nitrogen and oxygen atoms in total. The highest BCUT2D eigenvalue weighted by atomic mass is 16.7. The number of amides is 2. The van der Waals surface area contributed by atoms with Crippen molar-refractivity contribution >= 4 is 34.4 Å². The van der Waals surface area contributed by atoms with Crippen LogP contribution in [0.4, 0.5) is 5.69 Å². The summed E-state index contributed by atoms with van der Waals surface area (Å²) in [5.74, 6) is 0.816. The monoisotopic (exact) mass is 484 g/mol. The van der Waals surface area contributed by atoms with Gasteiger partial charge in [-0.1, -0.05) is 6.42 Å². The number of hydrogen-bond acceptors (Lipinski definition) is 5. The van der Waals surface area contributed by atoms with E-state index in [-0.39, 0.29) is 17.8 Å². The van der Waals surface area contributed by atoms with E-state index in [1.54, 1.807) is 23.1 Å². The molecule has 1 aromatic carbocycles. The molecule has 1 aromatic heterocycles. The van der Waals surface area contributed by atoms with Crippen LogP contribution in [-0.2, 0) is 9.59 Å². The molecule has 4 rings (SSSR count). The number of likely N-dealkylation sites (tertiary alicyclic amines) is 2. The Balaban J connectivity index is 0.000000231. The number of nitrogens with zero attached hydrogens (tertiary/aromatic N) is 4. The number of terminal acetylenes is 1. The number of guanidine groups is 1. The van der Waals surface area contributed by atoms with E-state index in [4.69, 9.17) is 10.2 Å². The van der Waals surface area contributed by atoms with Crippen LogP contribution >= 0.6 is 0 Å². The molecule has 0 radical (unpaired) electrons. The summed E-state index contributed by atoms with van der Waals surface area (Å²) in [6.07, 6.45) is 14.0. The fourth-order valence-electron chi connectivity index (χ4n) is 3.95. The zero-order chi connectivity index (χ0) is 25.8. The van der Waals surface area contributed by atoms with Crippen molar-refractivity contribution in [3.8, 4) is 12.8 Å². The Bertz CT molecular complexity index is 1070. The van der Waals surface area contributed by atoms with Crippen molar-refractivity contribution in [2.45, 2.75) is 45.4 Å². The summed E-state index contributed by atoms with van der Waals surface area (Å²) in [5.41, 5.74) is 6.69. The number of carbonyl (C=O) groups excluding carboxylic acids is 2. The molecule has 3 heterocycles. The molecule has 2 aromatic rings. The van der Waals surface area contributed by atoms with E-state index in [9.17, 15) is 19.7 Å². The van der Waals surface area contributed by atoms with Crippen molar-refractivity contribution in [3.05, 3.63) is 40.1 Å². The number of anilines is 1. The number of rotatable bonds is 4. The number of carbonyl (C=O) groups is 2. The lowest BCUT2D eigenvalue weighted by Gasteiger charge is -2.23. The predicted molar refractivity (Wildman–Crippen MR) is 134 cm³/mol. The molecular formula is C24H32N6O5. The van der Waals surface area contributed by atoms with Gasteiger partial charge in [-0.3, -0.25) is 9.59 Å². The van der Waals surface area contributed by atoms with Crippen LogP contribution in [0.1, 0.15) is 44.3 Å². The molecule has 0 spiro atoms. The van der Waals surface area contributed by atoms with E-state index in [0.29, 0.717) is 18.7 Å². The maximum atomic E-state index is 11.9. The van der Waals surface area contributed by atoms with Crippen molar-refractivity contribution in [2.24, 2.45) is 10.8 Å². The third-order valence-electron chi connectivity index (χ3n) is 5.56. The molecule has 0 aliphatic carbocycles. The Morgan fingerprint density at radius 1 is 1.17 bits per heavy atom. The summed E-state index contributed by atoms with van der Waals surface area (Å²) < 4.78 is 5.39.